The summed E-state index contributed by atoms with van der Waals surface area (Å²) < 4.78 is 11.2. The van der Waals surface area contributed by atoms with Crippen molar-refractivity contribution in [3.63, 3.8) is 0 Å². The molecule has 2 fully saturated rings. The molecule has 1 aliphatic heterocycles. The van der Waals surface area contributed by atoms with Gasteiger partial charge in [0.25, 0.3) is 0 Å². The number of carbonyl (C=O) groups is 1. The summed E-state index contributed by atoms with van der Waals surface area (Å²) in [5, 5.41) is 6.12. The second-order valence-electron chi connectivity index (χ2n) is 6.52. The van der Waals surface area contributed by atoms with Gasteiger partial charge in [0, 0.05) is 6.54 Å². The molecular weight excluding hydrogens is 280 g/mol. The number of benzene rings is 1. The molecule has 3 aliphatic rings. The lowest BCUT2D eigenvalue weighted by atomic mass is 10.0. The normalized spacial score (nSPS) is 21.1. The maximum Gasteiger partial charge on any atom is 0.315 e. The quantitative estimate of drug-likeness (QED) is 0.879. The molecule has 1 aromatic carbocycles. The number of hydrogen-bond acceptors (Lipinski definition) is 3. The molecule has 2 N–H and O–H groups in total. The summed E-state index contributed by atoms with van der Waals surface area (Å²) in [4.78, 5) is 12.1. The van der Waals surface area contributed by atoms with Gasteiger partial charge in [-0.2, -0.15) is 0 Å². The minimum absolute atomic E-state index is 0.0568. The van der Waals surface area contributed by atoms with Crippen LogP contribution in [0.1, 0.15) is 37.3 Å². The first-order valence-corrected chi connectivity index (χ1v) is 8.23. The number of fused-ring (bicyclic) bond motifs is 1. The van der Waals surface area contributed by atoms with E-state index in [0.717, 1.165) is 23.6 Å². The highest BCUT2D eigenvalue weighted by Gasteiger charge is 2.34. The van der Waals surface area contributed by atoms with E-state index in [1.165, 1.54) is 25.7 Å². The summed E-state index contributed by atoms with van der Waals surface area (Å²) >= 11 is 0. The van der Waals surface area contributed by atoms with Gasteiger partial charge < -0.3 is 20.1 Å². The molecular formula is C17H22N2O3. The highest BCUT2D eigenvalue weighted by Crippen LogP contribution is 2.43. The minimum Gasteiger partial charge on any atom is -0.486 e. The zero-order valence-electron chi connectivity index (χ0n) is 12.6. The van der Waals surface area contributed by atoms with E-state index in [1.54, 1.807) is 0 Å². The number of nitrogens with one attached hydrogen (secondary N) is 2. The van der Waals surface area contributed by atoms with Gasteiger partial charge in [-0.05, 0) is 55.2 Å². The van der Waals surface area contributed by atoms with E-state index in [0.29, 0.717) is 25.0 Å². The summed E-state index contributed by atoms with van der Waals surface area (Å²) in [6.45, 7) is 1.98. The van der Waals surface area contributed by atoms with Crippen molar-refractivity contribution in [1.29, 1.82) is 0 Å². The highest BCUT2D eigenvalue weighted by molar-refractivity contribution is 5.74. The molecule has 1 unspecified atom stereocenters. The Morgan fingerprint density at radius 2 is 1.91 bits per heavy atom. The average Bonchev–Trinajstić information content (AvgIpc) is 3.43. The second-order valence-corrected chi connectivity index (χ2v) is 6.52. The first kappa shape index (κ1) is 13.7. The molecule has 0 radical (unpaired) electrons. The van der Waals surface area contributed by atoms with Gasteiger partial charge >= 0.3 is 6.03 Å². The Balaban J connectivity index is 1.45. The monoisotopic (exact) mass is 302 g/mol. The highest BCUT2D eigenvalue weighted by atomic mass is 16.6. The third kappa shape index (κ3) is 3.13. The maximum absolute atomic E-state index is 12.1. The van der Waals surface area contributed by atoms with Crippen molar-refractivity contribution in [2.45, 2.75) is 31.7 Å². The molecule has 1 atom stereocenters. The van der Waals surface area contributed by atoms with Crippen LogP contribution in [-0.4, -0.2) is 25.8 Å². The van der Waals surface area contributed by atoms with Crippen molar-refractivity contribution < 1.29 is 14.3 Å². The summed E-state index contributed by atoms with van der Waals surface area (Å²) in [5.74, 6) is 2.81. The smallest absolute Gasteiger partial charge is 0.315 e. The third-order valence-corrected chi connectivity index (χ3v) is 4.55. The van der Waals surface area contributed by atoms with E-state index in [-0.39, 0.29) is 12.1 Å². The van der Waals surface area contributed by atoms with E-state index in [9.17, 15) is 4.79 Å². The van der Waals surface area contributed by atoms with Crippen molar-refractivity contribution in [1.82, 2.24) is 10.6 Å². The summed E-state index contributed by atoms with van der Waals surface area (Å²) in [5.41, 5.74) is 1.10. The molecule has 2 saturated carbocycles. The molecule has 5 heteroatoms. The van der Waals surface area contributed by atoms with Crippen LogP contribution in [0.2, 0.25) is 0 Å². The molecule has 4 rings (SSSR count). The van der Waals surface area contributed by atoms with Crippen LogP contribution in [0, 0.1) is 11.8 Å². The van der Waals surface area contributed by atoms with Crippen LogP contribution in [0.5, 0.6) is 11.5 Å². The van der Waals surface area contributed by atoms with Gasteiger partial charge in [0.15, 0.2) is 11.5 Å². The molecule has 0 spiro atoms. The van der Waals surface area contributed by atoms with E-state index in [4.69, 9.17) is 9.47 Å². The zero-order valence-corrected chi connectivity index (χ0v) is 12.6. The SMILES string of the molecule is O=C(NCC1CC1)NC(c1ccc2c(c1)OCCO2)C1CC1. The topological polar surface area (TPSA) is 59.6 Å². The largest absolute Gasteiger partial charge is 0.486 e. The Kier molecular flexibility index (Phi) is 3.56. The number of urea groups is 1. The Labute approximate surface area is 130 Å². The lowest BCUT2D eigenvalue weighted by molar-refractivity contribution is 0.171. The van der Waals surface area contributed by atoms with Crippen molar-refractivity contribution in [2.75, 3.05) is 19.8 Å². The first-order chi connectivity index (χ1) is 10.8. The molecule has 1 heterocycles. The predicted octanol–water partition coefficient (Wildman–Crippen LogP) is 2.62. The average molecular weight is 302 g/mol. The minimum atomic E-state index is -0.0568. The number of ether oxygens (including phenoxy) is 2. The van der Waals surface area contributed by atoms with E-state index < -0.39 is 0 Å². The van der Waals surface area contributed by atoms with Crippen molar-refractivity contribution in [3.8, 4) is 11.5 Å². The Bertz CT molecular complexity index is 567. The Morgan fingerprint density at radius 1 is 1.14 bits per heavy atom. The van der Waals surface area contributed by atoms with Crippen LogP contribution in [0.4, 0.5) is 4.79 Å². The fourth-order valence-corrected chi connectivity index (χ4v) is 2.91. The molecule has 0 saturated heterocycles. The van der Waals surface area contributed by atoms with Crippen LogP contribution in [0.15, 0.2) is 18.2 Å². The van der Waals surface area contributed by atoms with Crippen LogP contribution in [-0.2, 0) is 0 Å². The van der Waals surface area contributed by atoms with Gasteiger partial charge in [-0.25, -0.2) is 4.79 Å². The van der Waals surface area contributed by atoms with E-state index >= 15 is 0 Å². The second kappa shape index (κ2) is 5.71. The number of rotatable bonds is 5. The fourth-order valence-electron chi connectivity index (χ4n) is 2.91. The molecule has 0 bridgehead atoms. The molecule has 22 heavy (non-hydrogen) atoms. The summed E-state index contributed by atoms with van der Waals surface area (Å²) in [6.07, 6.45) is 4.83. The molecule has 0 aromatic heterocycles. The van der Waals surface area contributed by atoms with Gasteiger partial charge in [0.2, 0.25) is 0 Å². The van der Waals surface area contributed by atoms with Crippen LogP contribution in [0.3, 0.4) is 0 Å². The van der Waals surface area contributed by atoms with Crippen LogP contribution in [0.25, 0.3) is 0 Å². The summed E-state index contributed by atoms with van der Waals surface area (Å²) in [7, 11) is 0. The first-order valence-electron chi connectivity index (χ1n) is 8.23. The number of hydrogen-bond donors (Lipinski definition) is 2. The van der Waals surface area contributed by atoms with Gasteiger partial charge in [-0.15, -0.1) is 0 Å². The van der Waals surface area contributed by atoms with Crippen molar-refractivity contribution in [3.05, 3.63) is 23.8 Å². The molecule has 5 nitrogen and oxygen atoms in total. The number of amides is 2. The molecule has 2 aliphatic carbocycles. The summed E-state index contributed by atoms with van der Waals surface area (Å²) in [6, 6.07) is 6.01. The zero-order chi connectivity index (χ0) is 14.9. The number of carbonyl (C=O) groups excluding carboxylic acids is 1. The predicted molar refractivity (Wildman–Crippen MR) is 82.2 cm³/mol. The maximum atomic E-state index is 12.1. The third-order valence-electron chi connectivity index (χ3n) is 4.55. The molecule has 2 amide bonds. The van der Waals surface area contributed by atoms with Gasteiger partial charge in [0.1, 0.15) is 13.2 Å². The lowest BCUT2D eigenvalue weighted by Gasteiger charge is -2.23. The van der Waals surface area contributed by atoms with Gasteiger partial charge in [-0.3, -0.25) is 0 Å². The van der Waals surface area contributed by atoms with Gasteiger partial charge in [0.05, 0.1) is 6.04 Å². The Hall–Kier alpha value is -1.91. The van der Waals surface area contributed by atoms with Gasteiger partial charge in [-0.1, -0.05) is 6.07 Å². The van der Waals surface area contributed by atoms with E-state index in [1.807, 2.05) is 18.2 Å². The molecule has 118 valence electrons. The Morgan fingerprint density at radius 3 is 2.64 bits per heavy atom. The molecule has 1 aromatic rings. The van der Waals surface area contributed by atoms with Crippen LogP contribution < -0.4 is 20.1 Å². The van der Waals surface area contributed by atoms with Crippen molar-refractivity contribution >= 4 is 6.03 Å². The van der Waals surface area contributed by atoms with Crippen LogP contribution >= 0.6 is 0 Å². The standard InChI is InChI=1S/C17H22N2O3/c20-17(18-10-11-1-2-11)19-16(12-3-4-12)13-5-6-14-15(9-13)22-8-7-21-14/h5-6,9,11-12,16H,1-4,7-8,10H2,(H2,18,19,20). The van der Waals surface area contributed by atoms with Crippen molar-refractivity contribution in [2.24, 2.45) is 11.8 Å². The fraction of sp³-hybridized carbons (Fsp3) is 0.588. The van der Waals surface area contributed by atoms with E-state index in [2.05, 4.69) is 10.6 Å². The lowest BCUT2D eigenvalue weighted by Crippen LogP contribution is -2.39.